The van der Waals surface area contributed by atoms with Crippen LogP contribution in [0.1, 0.15) is 21.7 Å². The van der Waals surface area contributed by atoms with Crippen molar-refractivity contribution in [1.29, 1.82) is 0 Å². The van der Waals surface area contributed by atoms with Gasteiger partial charge in [0.2, 0.25) is 0 Å². The van der Waals surface area contributed by atoms with Crippen LogP contribution in [0.5, 0.6) is 5.75 Å². The molecule has 0 fully saturated rings. The number of carbonyl (C=O) groups is 1. The van der Waals surface area contributed by atoms with Crippen LogP contribution < -0.4 is 4.74 Å². The fourth-order valence-corrected chi connectivity index (χ4v) is 2.71. The van der Waals surface area contributed by atoms with Gasteiger partial charge in [-0.2, -0.15) is 5.10 Å². The van der Waals surface area contributed by atoms with Gasteiger partial charge < -0.3 is 9.64 Å². The zero-order valence-corrected chi connectivity index (χ0v) is 14.6. The number of hydrogen-bond acceptors (Lipinski definition) is 3. The number of carbonyl (C=O) groups excluding carboxylic acids is 1. The minimum Gasteiger partial charge on any atom is -0.497 e. The minimum absolute atomic E-state index is 0.103. The highest BCUT2D eigenvalue weighted by atomic mass is 16.5. The molecule has 3 aromatic rings. The normalized spacial score (nSPS) is 10.5. The summed E-state index contributed by atoms with van der Waals surface area (Å²) in [5.74, 6) is 0.648. The number of aromatic nitrogens is 2. The Kier molecular flexibility index (Phi) is 4.84. The highest BCUT2D eigenvalue weighted by molar-refractivity contribution is 5.92. The smallest absolute Gasteiger partial charge is 0.274 e. The van der Waals surface area contributed by atoms with Gasteiger partial charge >= 0.3 is 0 Å². The molecule has 1 heterocycles. The van der Waals surface area contributed by atoms with Crippen molar-refractivity contribution >= 4 is 5.91 Å². The summed E-state index contributed by atoms with van der Waals surface area (Å²) in [6, 6.07) is 19.3. The predicted octanol–water partition coefficient (Wildman–Crippen LogP) is 3.46. The van der Waals surface area contributed by atoms with Crippen LogP contribution >= 0.6 is 0 Å². The van der Waals surface area contributed by atoms with Crippen molar-refractivity contribution < 1.29 is 9.53 Å². The van der Waals surface area contributed by atoms with Crippen molar-refractivity contribution in [2.24, 2.45) is 0 Å². The van der Waals surface area contributed by atoms with Crippen LogP contribution in [0.15, 0.2) is 60.7 Å². The summed E-state index contributed by atoms with van der Waals surface area (Å²) in [5, 5.41) is 4.49. The van der Waals surface area contributed by atoms with E-state index in [2.05, 4.69) is 5.10 Å². The second-order valence-corrected chi connectivity index (χ2v) is 5.93. The average molecular weight is 335 g/mol. The van der Waals surface area contributed by atoms with Gasteiger partial charge in [-0.25, -0.2) is 4.68 Å². The number of nitrogens with zero attached hydrogens (tertiary/aromatic N) is 3. The summed E-state index contributed by atoms with van der Waals surface area (Å²) in [6.45, 7) is 2.48. The Labute approximate surface area is 147 Å². The van der Waals surface area contributed by atoms with E-state index in [1.54, 1.807) is 23.7 Å². The molecule has 0 spiro atoms. The first-order chi connectivity index (χ1) is 12.1. The van der Waals surface area contributed by atoms with E-state index in [1.165, 1.54) is 0 Å². The molecule has 0 bridgehead atoms. The summed E-state index contributed by atoms with van der Waals surface area (Å²) in [6.07, 6.45) is 0. The van der Waals surface area contributed by atoms with Crippen molar-refractivity contribution in [2.75, 3.05) is 14.2 Å². The van der Waals surface area contributed by atoms with Gasteiger partial charge in [0, 0.05) is 25.4 Å². The lowest BCUT2D eigenvalue weighted by Crippen LogP contribution is -2.26. The van der Waals surface area contributed by atoms with E-state index in [0.29, 0.717) is 12.2 Å². The van der Waals surface area contributed by atoms with E-state index in [4.69, 9.17) is 4.74 Å². The summed E-state index contributed by atoms with van der Waals surface area (Å²) in [5.41, 5.74) is 3.27. The molecule has 5 nitrogen and oxygen atoms in total. The first-order valence-electron chi connectivity index (χ1n) is 8.09. The van der Waals surface area contributed by atoms with Crippen LogP contribution in [0.4, 0.5) is 0 Å². The molecule has 1 amide bonds. The van der Waals surface area contributed by atoms with Gasteiger partial charge in [-0.1, -0.05) is 36.4 Å². The number of hydrogen-bond donors (Lipinski definition) is 0. The molecule has 0 radical (unpaired) electrons. The van der Waals surface area contributed by atoms with Crippen molar-refractivity contribution in [2.45, 2.75) is 13.5 Å². The lowest BCUT2D eigenvalue weighted by atomic mass is 10.2. The fourth-order valence-electron chi connectivity index (χ4n) is 2.71. The second kappa shape index (κ2) is 7.21. The van der Waals surface area contributed by atoms with Gasteiger partial charge in [0.05, 0.1) is 12.8 Å². The van der Waals surface area contributed by atoms with Crippen LogP contribution in [0, 0.1) is 6.92 Å². The summed E-state index contributed by atoms with van der Waals surface area (Å²) in [4.78, 5) is 14.4. The van der Waals surface area contributed by atoms with Crippen molar-refractivity contribution in [3.8, 4) is 11.4 Å². The fraction of sp³-hybridized carbons (Fsp3) is 0.200. The quantitative estimate of drug-likeness (QED) is 0.717. The molecular weight excluding hydrogens is 314 g/mol. The lowest BCUT2D eigenvalue weighted by Gasteiger charge is -2.15. The van der Waals surface area contributed by atoms with Gasteiger partial charge in [-0.3, -0.25) is 4.79 Å². The lowest BCUT2D eigenvalue weighted by molar-refractivity contribution is 0.0779. The Balaban J connectivity index is 1.82. The maximum atomic E-state index is 12.7. The topological polar surface area (TPSA) is 47.4 Å². The number of methoxy groups -OCH3 is 1. The summed E-state index contributed by atoms with van der Waals surface area (Å²) in [7, 11) is 3.41. The van der Waals surface area contributed by atoms with Gasteiger partial charge in [0.15, 0.2) is 5.69 Å². The van der Waals surface area contributed by atoms with Crippen LogP contribution in [-0.4, -0.2) is 34.7 Å². The van der Waals surface area contributed by atoms with Crippen LogP contribution in [0.2, 0.25) is 0 Å². The van der Waals surface area contributed by atoms with Gasteiger partial charge in [-0.05, 0) is 30.7 Å². The third-order valence-electron chi connectivity index (χ3n) is 4.01. The summed E-state index contributed by atoms with van der Waals surface area (Å²) < 4.78 is 7.01. The number of amides is 1. The molecular formula is C20H21N3O2. The van der Waals surface area contributed by atoms with Gasteiger partial charge in [0.25, 0.3) is 5.91 Å². The molecule has 1 aromatic heterocycles. The molecule has 0 aliphatic heterocycles. The number of rotatable bonds is 5. The molecule has 0 N–H and O–H groups in total. The van der Waals surface area contributed by atoms with E-state index in [9.17, 15) is 4.79 Å². The van der Waals surface area contributed by atoms with Crippen LogP contribution in [0.25, 0.3) is 5.69 Å². The Morgan fingerprint density at radius 1 is 1.12 bits per heavy atom. The molecule has 25 heavy (non-hydrogen) atoms. The Morgan fingerprint density at radius 3 is 2.60 bits per heavy atom. The highest BCUT2D eigenvalue weighted by Gasteiger charge is 2.17. The van der Waals surface area contributed by atoms with Gasteiger partial charge in [0.1, 0.15) is 5.75 Å². The van der Waals surface area contributed by atoms with Crippen molar-refractivity contribution in [1.82, 2.24) is 14.7 Å². The van der Waals surface area contributed by atoms with Crippen molar-refractivity contribution in [3.05, 3.63) is 77.6 Å². The van der Waals surface area contributed by atoms with E-state index in [0.717, 1.165) is 22.7 Å². The molecule has 0 aliphatic rings. The molecule has 5 heteroatoms. The molecule has 0 aliphatic carbocycles. The third-order valence-corrected chi connectivity index (χ3v) is 4.01. The molecule has 2 aromatic carbocycles. The first-order valence-corrected chi connectivity index (χ1v) is 8.09. The molecule has 128 valence electrons. The summed E-state index contributed by atoms with van der Waals surface area (Å²) >= 11 is 0. The van der Waals surface area contributed by atoms with E-state index >= 15 is 0 Å². The SMILES string of the molecule is COc1cccc(-n2nc(C(=O)N(C)Cc3ccccc3)cc2C)c1. The Bertz CT molecular complexity index is 872. The molecule has 0 unspecified atom stereocenters. The molecule has 0 atom stereocenters. The minimum atomic E-state index is -0.103. The third kappa shape index (κ3) is 3.71. The monoisotopic (exact) mass is 335 g/mol. The van der Waals surface area contributed by atoms with Gasteiger partial charge in [-0.15, -0.1) is 0 Å². The van der Waals surface area contributed by atoms with Crippen molar-refractivity contribution in [3.63, 3.8) is 0 Å². The number of benzene rings is 2. The molecule has 0 saturated heterocycles. The first kappa shape index (κ1) is 16.8. The Morgan fingerprint density at radius 2 is 1.88 bits per heavy atom. The highest BCUT2D eigenvalue weighted by Crippen LogP contribution is 2.19. The average Bonchev–Trinajstić information content (AvgIpc) is 3.03. The maximum Gasteiger partial charge on any atom is 0.274 e. The second-order valence-electron chi connectivity index (χ2n) is 5.93. The largest absolute Gasteiger partial charge is 0.497 e. The van der Waals surface area contributed by atoms with E-state index in [1.807, 2.05) is 67.6 Å². The maximum absolute atomic E-state index is 12.7. The molecule has 0 saturated carbocycles. The zero-order chi connectivity index (χ0) is 17.8. The van der Waals surface area contributed by atoms with E-state index < -0.39 is 0 Å². The molecule has 3 rings (SSSR count). The predicted molar refractivity (Wildman–Crippen MR) is 97.1 cm³/mol. The van der Waals surface area contributed by atoms with E-state index in [-0.39, 0.29) is 5.91 Å². The van der Waals surface area contributed by atoms with Crippen LogP contribution in [0.3, 0.4) is 0 Å². The standard InChI is InChI=1S/C20H21N3O2/c1-15-12-19(20(24)22(2)14-16-8-5-4-6-9-16)21-23(15)17-10-7-11-18(13-17)25-3/h4-13H,14H2,1-3H3. The Hall–Kier alpha value is -3.08. The number of ether oxygens (including phenoxy) is 1. The zero-order valence-electron chi connectivity index (χ0n) is 14.6. The number of aryl methyl sites for hydroxylation is 1. The van der Waals surface area contributed by atoms with Crippen LogP contribution in [-0.2, 0) is 6.54 Å².